The molecule has 0 unspecified atom stereocenters. The number of nitrogens with zero attached hydrogens (tertiary/aromatic N) is 9. The molecule has 0 radical (unpaired) electrons. The van der Waals surface area contributed by atoms with Gasteiger partial charge >= 0.3 is 6.18 Å². The van der Waals surface area contributed by atoms with Crippen molar-refractivity contribution in [1.82, 2.24) is 44.5 Å². The molecule has 1 aliphatic carbocycles. The second-order valence-electron chi connectivity index (χ2n) is 14.5. The maximum Gasteiger partial charge on any atom is 0.451 e. The highest BCUT2D eigenvalue weighted by atomic mass is 28.3. The summed E-state index contributed by atoms with van der Waals surface area (Å²) in [6, 6.07) is 7.23. The van der Waals surface area contributed by atoms with Gasteiger partial charge < -0.3 is 19.4 Å². The Morgan fingerprint density at radius 3 is 2.62 bits per heavy atom. The molecule has 2 aliphatic rings. The second-order valence-corrected chi connectivity index (χ2v) is 20.2. The quantitative estimate of drug-likeness (QED) is 0.126. The summed E-state index contributed by atoms with van der Waals surface area (Å²) in [7, 11) is -1.18. The number of ether oxygens (including phenoxy) is 2. The summed E-state index contributed by atoms with van der Waals surface area (Å²) in [5.41, 5.74) is 2.26. The normalized spacial score (nSPS) is 20.6. The van der Waals surface area contributed by atoms with Gasteiger partial charge in [0.25, 0.3) is 0 Å². The van der Waals surface area contributed by atoms with E-state index in [2.05, 4.69) is 55.9 Å². The van der Waals surface area contributed by atoms with Gasteiger partial charge in [-0.2, -0.15) is 28.5 Å². The fourth-order valence-electron chi connectivity index (χ4n) is 6.75. The van der Waals surface area contributed by atoms with Crippen molar-refractivity contribution in [2.24, 2.45) is 0 Å². The van der Waals surface area contributed by atoms with Crippen molar-refractivity contribution >= 4 is 19.1 Å². The van der Waals surface area contributed by atoms with E-state index in [0.717, 1.165) is 60.9 Å². The number of nitriles is 1. The van der Waals surface area contributed by atoms with Gasteiger partial charge in [0.1, 0.15) is 24.8 Å². The number of rotatable bonds is 14. The molecule has 0 aromatic carbocycles. The predicted octanol–water partition coefficient (Wildman–Crippen LogP) is 5.84. The van der Waals surface area contributed by atoms with Crippen molar-refractivity contribution in [1.29, 1.82) is 5.26 Å². The molecular weight excluding hydrogens is 666 g/mol. The number of nitrogens with one attached hydrogen (secondary N) is 1. The monoisotopic (exact) mass is 710 g/mol. The molecule has 0 spiro atoms. The molecule has 0 atom stereocenters. The lowest BCUT2D eigenvalue weighted by molar-refractivity contribution is -0.145. The molecule has 1 N–H and O–H groups in total. The maximum absolute atomic E-state index is 13.5. The van der Waals surface area contributed by atoms with Gasteiger partial charge in [0.2, 0.25) is 11.7 Å². The van der Waals surface area contributed by atoms with Gasteiger partial charge in [-0.1, -0.05) is 26.6 Å². The Kier molecular flexibility index (Phi) is 10.6. The van der Waals surface area contributed by atoms with Crippen LogP contribution < -0.4 is 10.1 Å². The molecule has 1 saturated heterocycles. The third-order valence-electron chi connectivity index (χ3n) is 9.61. The van der Waals surface area contributed by atoms with E-state index in [-0.39, 0.29) is 30.3 Å². The molecule has 1 aliphatic heterocycles. The van der Waals surface area contributed by atoms with Gasteiger partial charge in [-0.15, -0.1) is 0 Å². The van der Waals surface area contributed by atoms with E-state index in [0.29, 0.717) is 32.5 Å². The molecule has 50 heavy (non-hydrogen) atoms. The molecule has 16 heteroatoms. The largest absolute Gasteiger partial charge is 0.474 e. The Morgan fingerprint density at radius 2 is 1.92 bits per heavy atom. The van der Waals surface area contributed by atoms with E-state index in [4.69, 9.17) is 14.6 Å². The van der Waals surface area contributed by atoms with Gasteiger partial charge in [-0.3, -0.25) is 9.58 Å². The standard InChI is InChI=1S/C34H45F3N10O2Si/c1-5-39-20-25-16-29(44-32(43-25)34(35,36)37)49-27-6-11-45(12-7-27)26-17-33(18-26,9-10-38)47-21-24(19-42-47)30-28-8-13-46(31(28)41-22-40-30)23-48-14-15-50(2,3)4/h8,13,16,19,21-22,26-27,39H,5-7,9,11-12,14-15,17-18,20,23H2,1-4H3. The van der Waals surface area contributed by atoms with E-state index in [1.165, 1.54) is 6.07 Å². The molecule has 6 rings (SSSR count). The summed E-state index contributed by atoms with van der Waals surface area (Å²) in [5, 5.41) is 18.5. The van der Waals surface area contributed by atoms with Gasteiger partial charge in [-0.05, 0) is 44.3 Å². The third kappa shape index (κ3) is 8.17. The number of likely N-dealkylation sites (tertiary alicyclic amines) is 1. The number of alkyl halides is 3. The average Bonchev–Trinajstić information content (AvgIpc) is 3.71. The summed E-state index contributed by atoms with van der Waals surface area (Å²) in [5.74, 6) is -1.24. The highest BCUT2D eigenvalue weighted by Gasteiger charge is 2.49. The highest BCUT2D eigenvalue weighted by Crippen LogP contribution is 2.46. The Morgan fingerprint density at radius 1 is 1.14 bits per heavy atom. The van der Waals surface area contributed by atoms with Crippen molar-refractivity contribution in [3.05, 3.63) is 48.6 Å². The predicted molar refractivity (Wildman–Crippen MR) is 184 cm³/mol. The van der Waals surface area contributed by atoms with Crippen molar-refractivity contribution in [2.45, 2.75) is 102 Å². The van der Waals surface area contributed by atoms with Crippen molar-refractivity contribution in [2.75, 3.05) is 26.2 Å². The van der Waals surface area contributed by atoms with E-state index in [9.17, 15) is 18.4 Å². The molecule has 0 bridgehead atoms. The Labute approximate surface area is 291 Å². The van der Waals surface area contributed by atoms with Crippen LogP contribution in [-0.2, 0) is 29.7 Å². The zero-order chi connectivity index (χ0) is 35.5. The minimum atomic E-state index is -4.66. The molecule has 12 nitrogen and oxygen atoms in total. The van der Waals surface area contributed by atoms with Gasteiger partial charge in [-0.25, -0.2) is 15.0 Å². The Hall–Kier alpha value is -3.91. The van der Waals surface area contributed by atoms with Crippen LogP contribution in [0.4, 0.5) is 13.2 Å². The van der Waals surface area contributed by atoms with Gasteiger partial charge in [0.15, 0.2) is 0 Å². The molecule has 4 aromatic rings. The second kappa shape index (κ2) is 14.7. The summed E-state index contributed by atoms with van der Waals surface area (Å²) in [4.78, 5) is 18.9. The van der Waals surface area contributed by atoms with Crippen LogP contribution in [0.3, 0.4) is 0 Å². The molecule has 5 heterocycles. The first-order chi connectivity index (χ1) is 23.9. The third-order valence-corrected chi connectivity index (χ3v) is 11.3. The minimum absolute atomic E-state index is 0.0480. The SMILES string of the molecule is CCNCc1cc(OC2CCN(C3CC(CC#N)(n4cc(-c5ncnc6c5ccn6COCC[Si](C)(C)C)cn4)C3)CC2)nc(C(F)(F)F)n1. The lowest BCUT2D eigenvalue weighted by Gasteiger charge is -2.52. The van der Waals surface area contributed by atoms with Gasteiger partial charge in [0, 0.05) is 69.8 Å². The van der Waals surface area contributed by atoms with Crippen LogP contribution >= 0.6 is 0 Å². The van der Waals surface area contributed by atoms with Crippen LogP contribution in [0.5, 0.6) is 5.88 Å². The van der Waals surface area contributed by atoms with E-state index < -0.39 is 25.6 Å². The van der Waals surface area contributed by atoms with E-state index in [1.807, 2.05) is 34.6 Å². The maximum atomic E-state index is 13.5. The zero-order valence-corrected chi connectivity index (χ0v) is 30.1. The highest BCUT2D eigenvalue weighted by molar-refractivity contribution is 6.76. The van der Waals surface area contributed by atoms with E-state index in [1.54, 1.807) is 12.5 Å². The number of aromatic nitrogens is 7. The number of piperidine rings is 1. The Bertz CT molecular complexity index is 1800. The smallest absolute Gasteiger partial charge is 0.451 e. The van der Waals surface area contributed by atoms with Crippen LogP contribution in [0.15, 0.2) is 37.1 Å². The number of hydrogen-bond acceptors (Lipinski definition) is 10. The van der Waals surface area contributed by atoms with Crippen molar-refractivity contribution in [3.63, 3.8) is 0 Å². The first kappa shape index (κ1) is 35.9. The number of hydrogen-bond donors (Lipinski definition) is 1. The van der Waals surface area contributed by atoms with Crippen LogP contribution in [0, 0.1) is 11.3 Å². The van der Waals surface area contributed by atoms with Crippen molar-refractivity contribution < 1.29 is 22.6 Å². The first-order valence-corrected chi connectivity index (χ1v) is 20.9. The van der Waals surface area contributed by atoms with Crippen LogP contribution in [0.2, 0.25) is 25.7 Å². The van der Waals surface area contributed by atoms with Crippen LogP contribution in [0.1, 0.15) is 50.5 Å². The van der Waals surface area contributed by atoms with Crippen molar-refractivity contribution in [3.8, 4) is 23.2 Å². The number of fused-ring (bicyclic) bond motifs is 1. The van der Waals surface area contributed by atoms with Gasteiger partial charge in [0.05, 0.1) is 35.6 Å². The first-order valence-electron chi connectivity index (χ1n) is 17.2. The summed E-state index contributed by atoms with van der Waals surface area (Å²) < 4.78 is 56.2. The lowest BCUT2D eigenvalue weighted by atomic mass is 9.69. The minimum Gasteiger partial charge on any atom is -0.474 e. The van der Waals surface area contributed by atoms with Crippen LogP contribution in [0.25, 0.3) is 22.3 Å². The zero-order valence-electron chi connectivity index (χ0n) is 29.1. The summed E-state index contributed by atoms with van der Waals surface area (Å²) in [6.45, 7) is 12.3. The summed E-state index contributed by atoms with van der Waals surface area (Å²) >= 11 is 0. The Balaban J connectivity index is 1.07. The fraction of sp³-hybridized carbons (Fsp3) is 0.588. The average molecular weight is 711 g/mol. The molecule has 268 valence electrons. The topological polar surface area (TPSA) is 132 Å². The van der Waals surface area contributed by atoms with Crippen LogP contribution in [-0.4, -0.2) is 85.6 Å². The molecule has 2 fully saturated rings. The van der Waals surface area contributed by atoms with E-state index >= 15 is 0 Å². The summed E-state index contributed by atoms with van der Waals surface area (Å²) in [6.07, 6.45) is 5.61. The molecule has 4 aromatic heterocycles. The molecular formula is C34H45F3N10O2Si. The molecule has 1 saturated carbocycles. The number of halogens is 3. The fourth-order valence-corrected chi connectivity index (χ4v) is 7.51. The molecule has 0 amide bonds. The lowest BCUT2D eigenvalue weighted by Crippen LogP contribution is -2.58.